The fourth-order valence-electron chi connectivity index (χ4n) is 0.869. The Morgan fingerprint density at radius 2 is 2.11 bits per heavy atom. The summed E-state index contributed by atoms with van der Waals surface area (Å²) < 4.78 is 10.7. The fraction of sp³-hybridized carbons (Fsp3) is 0.500. The topological polar surface area (TPSA) is 18.5 Å². The molecule has 1 fully saturated rings. The Balaban J connectivity index is 0. The molecular formula is C14H24O2S2. The summed E-state index contributed by atoms with van der Waals surface area (Å²) in [6.45, 7) is 11.5. The number of allylic oxidation sites excluding steroid dienone is 4. The van der Waals surface area contributed by atoms with Crippen molar-refractivity contribution >= 4 is 28.4 Å². The molecule has 0 bridgehead atoms. The molecule has 0 aliphatic carbocycles. The number of hydrogen-bond acceptors (Lipinski definition) is 4. The molecule has 0 radical (unpaired) electrons. The number of ether oxygens (including phenoxy) is 2. The highest BCUT2D eigenvalue weighted by Gasteiger charge is 2.20. The molecule has 1 aliphatic heterocycles. The van der Waals surface area contributed by atoms with Gasteiger partial charge in [0.15, 0.2) is 0 Å². The predicted molar refractivity (Wildman–Crippen MR) is 87.3 cm³/mol. The number of methoxy groups -OCH3 is 1. The second kappa shape index (κ2) is 16.4. The van der Waals surface area contributed by atoms with E-state index in [0.717, 1.165) is 12.2 Å². The molecule has 0 spiro atoms. The Kier molecular flexibility index (Phi) is 18.0. The van der Waals surface area contributed by atoms with E-state index in [1.54, 1.807) is 31.0 Å². The van der Waals surface area contributed by atoms with Crippen molar-refractivity contribution in [3.05, 3.63) is 37.5 Å². The van der Waals surface area contributed by atoms with Gasteiger partial charge in [-0.1, -0.05) is 56.1 Å². The van der Waals surface area contributed by atoms with Crippen molar-refractivity contribution in [1.82, 2.24) is 0 Å². The maximum Gasteiger partial charge on any atom is 0.220 e. The maximum absolute atomic E-state index is 5.17. The third-order valence-electron chi connectivity index (χ3n) is 1.64. The third kappa shape index (κ3) is 15.4. The maximum atomic E-state index is 5.17. The van der Waals surface area contributed by atoms with Crippen molar-refractivity contribution in [3.8, 4) is 0 Å². The molecule has 1 heterocycles. The van der Waals surface area contributed by atoms with Gasteiger partial charge in [0.1, 0.15) is 6.10 Å². The lowest BCUT2D eigenvalue weighted by molar-refractivity contribution is 0.0971. The van der Waals surface area contributed by atoms with Crippen LogP contribution in [0.1, 0.15) is 20.3 Å². The van der Waals surface area contributed by atoms with E-state index in [1.165, 1.54) is 0 Å². The first kappa shape index (κ1) is 19.8. The highest BCUT2D eigenvalue weighted by molar-refractivity contribution is 8.22. The second-order valence-electron chi connectivity index (χ2n) is 3.20. The van der Waals surface area contributed by atoms with E-state index in [2.05, 4.69) is 32.2 Å². The molecule has 0 saturated carbocycles. The molecule has 1 atom stereocenters. The van der Waals surface area contributed by atoms with E-state index >= 15 is 0 Å². The van der Waals surface area contributed by atoms with Gasteiger partial charge in [-0.2, -0.15) is 0 Å². The van der Waals surface area contributed by atoms with Crippen LogP contribution in [0.3, 0.4) is 0 Å². The molecule has 1 aliphatic rings. The van der Waals surface area contributed by atoms with Crippen molar-refractivity contribution in [2.24, 2.45) is 0 Å². The highest BCUT2D eigenvalue weighted by Crippen LogP contribution is 2.19. The van der Waals surface area contributed by atoms with Gasteiger partial charge in [0.25, 0.3) is 0 Å². The first-order valence-corrected chi connectivity index (χ1v) is 7.22. The summed E-state index contributed by atoms with van der Waals surface area (Å²) in [6.07, 6.45) is 8.81. The first-order chi connectivity index (χ1) is 8.65. The first-order valence-electron chi connectivity index (χ1n) is 5.83. The van der Waals surface area contributed by atoms with Crippen molar-refractivity contribution in [2.45, 2.75) is 26.4 Å². The lowest BCUT2D eigenvalue weighted by Gasteiger charge is -2.05. The zero-order chi connectivity index (χ0) is 14.2. The number of thioether (sulfide) groups is 1. The molecule has 104 valence electrons. The number of thiocarbonyl (C=S) groups is 1. The molecular weight excluding hydrogens is 264 g/mol. The summed E-state index contributed by atoms with van der Waals surface area (Å²) in [5.41, 5.74) is 0. The number of hydrogen-bond donors (Lipinski definition) is 0. The van der Waals surface area contributed by atoms with Gasteiger partial charge < -0.3 is 9.47 Å². The van der Waals surface area contributed by atoms with Crippen LogP contribution < -0.4 is 0 Å². The molecule has 0 N–H and O–H groups in total. The standard InChI is InChI=1S/C5H8O2S2.C5H10.C4H6/c1-6-2-4-3-9-5(8)7-4;1-3-5-4-2;1-3-4-2/h4H,2-3H2,1H3;3,5H,4H2,1-2H3;3-4H,1-2H2/b;5-3-;. The average molecular weight is 288 g/mol. The van der Waals surface area contributed by atoms with Crippen LogP contribution in [0.4, 0.5) is 0 Å². The summed E-state index contributed by atoms with van der Waals surface area (Å²) in [5, 5.41) is 0. The molecule has 0 aromatic rings. The fourth-order valence-corrected chi connectivity index (χ4v) is 1.90. The van der Waals surface area contributed by atoms with E-state index in [9.17, 15) is 0 Å². The average Bonchev–Trinajstić information content (AvgIpc) is 2.78. The normalized spacial score (nSPS) is 17.1. The molecule has 1 saturated heterocycles. The minimum Gasteiger partial charge on any atom is -0.472 e. The Morgan fingerprint density at radius 1 is 1.50 bits per heavy atom. The molecule has 0 aromatic heterocycles. The highest BCUT2D eigenvalue weighted by atomic mass is 32.2. The van der Waals surface area contributed by atoms with E-state index < -0.39 is 0 Å². The van der Waals surface area contributed by atoms with Gasteiger partial charge in [0, 0.05) is 12.9 Å². The third-order valence-corrected chi connectivity index (χ3v) is 2.96. The zero-order valence-electron chi connectivity index (χ0n) is 11.6. The summed E-state index contributed by atoms with van der Waals surface area (Å²) in [6, 6.07) is 0. The van der Waals surface area contributed by atoms with Crippen molar-refractivity contribution < 1.29 is 9.47 Å². The Bertz CT molecular complexity index is 244. The van der Waals surface area contributed by atoms with Gasteiger partial charge >= 0.3 is 0 Å². The summed E-state index contributed by atoms with van der Waals surface area (Å²) in [4.78, 5) is 0. The lowest BCUT2D eigenvalue weighted by atomic mass is 10.4. The zero-order valence-corrected chi connectivity index (χ0v) is 13.2. The Labute approximate surface area is 121 Å². The van der Waals surface area contributed by atoms with Crippen LogP contribution in [0.5, 0.6) is 0 Å². The van der Waals surface area contributed by atoms with E-state index in [1.807, 2.05) is 6.92 Å². The van der Waals surface area contributed by atoms with E-state index in [-0.39, 0.29) is 6.10 Å². The Morgan fingerprint density at radius 3 is 2.33 bits per heavy atom. The van der Waals surface area contributed by atoms with E-state index in [4.69, 9.17) is 21.7 Å². The van der Waals surface area contributed by atoms with Gasteiger partial charge in [-0.25, -0.2) is 0 Å². The van der Waals surface area contributed by atoms with Gasteiger partial charge in [-0.05, 0) is 25.6 Å². The van der Waals surface area contributed by atoms with Crippen molar-refractivity contribution in [3.63, 3.8) is 0 Å². The van der Waals surface area contributed by atoms with Gasteiger partial charge in [-0.3, -0.25) is 0 Å². The Hall–Kier alpha value is -0.580. The molecule has 0 aromatic carbocycles. The van der Waals surface area contributed by atoms with Crippen LogP contribution in [0.2, 0.25) is 0 Å². The quantitative estimate of drug-likeness (QED) is 0.434. The number of rotatable bonds is 4. The molecule has 1 unspecified atom stereocenters. The molecule has 2 nitrogen and oxygen atoms in total. The second-order valence-corrected chi connectivity index (χ2v) is 4.83. The largest absolute Gasteiger partial charge is 0.472 e. The SMILES string of the molecule is C/C=C\CC.C=CC=C.COCC1CSC(=S)O1. The molecule has 1 rings (SSSR count). The molecule has 4 heteroatoms. The van der Waals surface area contributed by atoms with Crippen LogP contribution in [-0.4, -0.2) is 30.0 Å². The minimum atomic E-state index is 0.187. The summed E-state index contributed by atoms with van der Waals surface area (Å²) in [5.74, 6) is 0.937. The minimum absolute atomic E-state index is 0.187. The van der Waals surface area contributed by atoms with Crippen LogP contribution >= 0.6 is 24.0 Å². The summed E-state index contributed by atoms with van der Waals surface area (Å²) in [7, 11) is 1.66. The summed E-state index contributed by atoms with van der Waals surface area (Å²) >= 11 is 6.37. The molecule has 18 heavy (non-hydrogen) atoms. The van der Waals surface area contributed by atoms with E-state index in [0.29, 0.717) is 11.0 Å². The van der Waals surface area contributed by atoms with Gasteiger partial charge in [0.05, 0.1) is 6.61 Å². The van der Waals surface area contributed by atoms with Crippen LogP contribution in [0, 0.1) is 0 Å². The van der Waals surface area contributed by atoms with Crippen molar-refractivity contribution in [2.75, 3.05) is 19.5 Å². The smallest absolute Gasteiger partial charge is 0.220 e. The van der Waals surface area contributed by atoms with Crippen molar-refractivity contribution in [1.29, 1.82) is 0 Å². The monoisotopic (exact) mass is 288 g/mol. The molecule has 0 amide bonds. The van der Waals surface area contributed by atoms with Gasteiger partial charge in [0.2, 0.25) is 4.38 Å². The van der Waals surface area contributed by atoms with Crippen LogP contribution in [0.15, 0.2) is 37.5 Å². The van der Waals surface area contributed by atoms with Crippen LogP contribution in [0.25, 0.3) is 0 Å². The van der Waals surface area contributed by atoms with Gasteiger partial charge in [-0.15, -0.1) is 0 Å². The van der Waals surface area contributed by atoms with Crippen LogP contribution in [-0.2, 0) is 9.47 Å². The lowest BCUT2D eigenvalue weighted by Crippen LogP contribution is -2.15. The predicted octanol–water partition coefficient (Wildman–Crippen LogP) is 4.38.